The molecule has 2 aromatic carbocycles. The van der Waals surface area contributed by atoms with Crippen molar-refractivity contribution < 1.29 is 23.8 Å². The number of carbonyl (C=O) groups excluding carboxylic acids is 1. The molecule has 1 aromatic heterocycles. The Morgan fingerprint density at radius 3 is 2.52 bits per heavy atom. The van der Waals surface area contributed by atoms with Crippen molar-refractivity contribution in [2.45, 2.75) is 30.8 Å². The van der Waals surface area contributed by atoms with Crippen molar-refractivity contribution in [2.75, 3.05) is 11.9 Å². The normalized spacial score (nSPS) is 15.1. The van der Waals surface area contributed by atoms with E-state index in [1.807, 2.05) is 0 Å². The van der Waals surface area contributed by atoms with Crippen LogP contribution in [0.15, 0.2) is 65.0 Å². The van der Waals surface area contributed by atoms with E-state index in [2.05, 4.69) is 15.4 Å². The number of aromatic nitrogens is 3. The smallest absolute Gasteiger partial charge is 0.338 e. The summed E-state index contributed by atoms with van der Waals surface area (Å²) < 4.78 is 20.4. The molecule has 8 nitrogen and oxygen atoms in total. The largest absolute Gasteiger partial charge is 0.478 e. The number of anilines is 1. The monoisotopic (exact) mass is 468 g/mol. The Morgan fingerprint density at radius 2 is 1.88 bits per heavy atom. The van der Waals surface area contributed by atoms with Gasteiger partial charge in [0, 0.05) is 11.4 Å². The SMILES string of the molecule is CCOC(=O)C1=C(C)Nc2nc(SCc3ccc(C(=O)O)cc3)nn2[C@@H]1c1ccc(F)cc1. The van der Waals surface area contributed by atoms with Gasteiger partial charge in [-0.25, -0.2) is 18.7 Å². The van der Waals surface area contributed by atoms with Crippen molar-refractivity contribution in [1.82, 2.24) is 14.8 Å². The van der Waals surface area contributed by atoms with Gasteiger partial charge in [-0.15, -0.1) is 5.10 Å². The standard InChI is InChI=1S/C23H21FN4O4S/c1-3-32-21(31)18-13(2)25-22-26-23(33-12-14-4-6-16(7-5-14)20(29)30)27-28(22)19(18)15-8-10-17(24)11-9-15/h4-11,19H,3,12H2,1-2H3,(H,29,30)(H,25,26,27)/t19-/m1/s1. The van der Waals surface area contributed by atoms with E-state index in [4.69, 9.17) is 9.84 Å². The highest BCUT2D eigenvalue weighted by Crippen LogP contribution is 2.37. The number of aromatic carboxylic acids is 1. The van der Waals surface area contributed by atoms with Gasteiger partial charge in [0.25, 0.3) is 0 Å². The van der Waals surface area contributed by atoms with Gasteiger partial charge in [0.15, 0.2) is 0 Å². The third-order valence-corrected chi connectivity index (χ3v) is 5.99. The molecule has 33 heavy (non-hydrogen) atoms. The van der Waals surface area contributed by atoms with Gasteiger partial charge in [0.05, 0.1) is 17.7 Å². The summed E-state index contributed by atoms with van der Waals surface area (Å²) in [6, 6.07) is 11.9. The minimum Gasteiger partial charge on any atom is -0.478 e. The molecule has 0 saturated heterocycles. The zero-order valence-electron chi connectivity index (χ0n) is 17.9. The number of ether oxygens (including phenoxy) is 1. The highest BCUT2D eigenvalue weighted by Gasteiger charge is 2.35. The second kappa shape index (κ2) is 9.45. The lowest BCUT2D eigenvalue weighted by Gasteiger charge is -2.28. The molecular weight excluding hydrogens is 447 g/mol. The third kappa shape index (κ3) is 4.75. The summed E-state index contributed by atoms with van der Waals surface area (Å²) in [6.45, 7) is 3.71. The van der Waals surface area contributed by atoms with Crippen LogP contribution >= 0.6 is 11.8 Å². The molecule has 2 N–H and O–H groups in total. The van der Waals surface area contributed by atoms with Crippen molar-refractivity contribution in [3.05, 3.63) is 82.3 Å². The van der Waals surface area contributed by atoms with Crippen LogP contribution in [-0.4, -0.2) is 38.4 Å². The molecule has 3 aromatic rings. The van der Waals surface area contributed by atoms with E-state index < -0.39 is 18.0 Å². The summed E-state index contributed by atoms with van der Waals surface area (Å²) in [5.41, 5.74) is 2.78. The van der Waals surface area contributed by atoms with Crippen LogP contribution < -0.4 is 5.32 Å². The number of carboxylic acid groups (broad SMARTS) is 1. The number of nitrogens with one attached hydrogen (secondary N) is 1. The fourth-order valence-electron chi connectivity index (χ4n) is 3.51. The molecule has 0 fully saturated rings. The van der Waals surface area contributed by atoms with Gasteiger partial charge in [0.1, 0.15) is 11.9 Å². The second-order valence-corrected chi connectivity index (χ2v) is 8.23. The number of esters is 1. The lowest BCUT2D eigenvalue weighted by atomic mass is 9.96. The second-order valence-electron chi connectivity index (χ2n) is 7.29. The Morgan fingerprint density at radius 1 is 1.18 bits per heavy atom. The molecule has 0 aliphatic carbocycles. The number of nitrogens with zero attached hydrogens (tertiary/aromatic N) is 3. The molecule has 0 spiro atoms. The molecule has 0 bridgehead atoms. The van der Waals surface area contributed by atoms with Crippen LogP contribution in [0.25, 0.3) is 0 Å². The molecule has 2 heterocycles. The van der Waals surface area contributed by atoms with Crippen LogP contribution in [0, 0.1) is 5.82 Å². The summed E-state index contributed by atoms with van der Waals surface area (Å²) in [7, 11) is 0. The van der Waals surface area contributed by atoms with E-state index in [0.29, 0.717) is 33.7 Å². The summed E-state index contributed by atoms with van der Waals surface area (Å²) in [6.07, 6.45) is 0. The van der Waals surface area contributed by atoms with Crippen LogP contribution in [0.2, 0.25) is 0 Å². The molecule has 0 radical (unpaired) electrons. The van der Waals surface area contributed by atoms with Crippen LogP contribution in [0.1, 0.15) is 41.4 Å². The highest BCUT2D eigenvalue weighted by atomic mass is 32.2. The maximum absolute atomic E-state index is 13.6. The Kier molecular flexibility index (Phi) is 6.45. The molecule has 1 aliphatic heterocycles. The Bertz CT molecular complexity index is 1220. The van der Waals surface area contributed by atoms with E-state index in [-0.39, 0.29) is 18.0 Å². The Labute approximate surface area is 193 Å². The first-order valence-corrected chi connectivity index (χ1v) is 11.2. The number of fused-ring (bicyclic) bond motifs is 1. The van der Waals surface area contributed by atoms with Gasteiger partial charge >= 0.3 is 11.9 Å². The van der Waals surface area contributed by atoms with E-state index in [1.54, 1.807) is 54.9 Å². The first-order valence-electron chi connectivity index (χ1n) is 10.2. The summed E-state index contributed by atoms with van der Waals surface area (Å²) >= 11 is 1.38. The predicted molar refractivity (Wildman–Crippen MR) is 120 cm³/mol. The number of hydrogen-bond donors (Lipinski definition) is 2. The number of carboxylic acids is 1. The molecule has 0 saturated carbocycles. The van der Waals surface area contributed by atoms with Crippen LogP contribution in [-0.2, 0) is 15.3 Å². The van der Waals surface area contributed by atoms with Gasteiger partial charge in [0.2, 0.25) is 11.1 Å². The lowest BCUT2D eigenvalue weighted by molar-refractivity contribution is -0.139. The zero-order valence-corrected chi connectivity index (χ0v) is 18.7. The van der Waals surface area contributed by atoms with Gasteiger partial charge < -0.3 is 15.2 Å². The number of hydrogen-bond acceptors (Lipinski definition) is 7. The summed E-state index contributed by atoms with van der Waals surface area (Å²) in [4.78, 5) is 28.3. The molecular formula is C23H21FN4O4S. The highest BCUT2D eigenvalue weighted by molar-refractivity contribution is 7.98. The number of carbonyl (C=O) groups is 2. The van der Waals surface area contributed by atoms with E-state index in [1.165, 1.54) is 23.9 Å². The quantitative estimate of drug-likeness (QED) is 0.391. The van der Waals surface area contributed by atoms with Crippen LogP contribution in [0.3, 0.4) is 0 Å². The minimum atomic E-state index is -0.976. The number of allylic oxidation sites excluding steroid dienone is 1. The lowest BCUT2D eigenvalue weighted by Crippen LogP contribution is -2.29. The fraction of sp³-hybridized carbons (Fsp3) is 0.217. The predicted octanol–water partition coefficient (Wildman–Crippen LogP) is 4.26. The maximum Gasteiger partial charge on any atom is 0.338 e. The zero-order chi connectivity index (χ0) is 23.5. The first kappa shape index (κ1) is 22.5. The van der Waals surface area contributed by atoms with Gasteiger partial charge in [-0.05, 0) is 49.2 Å². The number of benzene rings is 2. The van der Waals surface area contributed by atoms with Crippen LogP contribution in [0.5, 0.6) is 0 Å². The van der Waals surface area contributed by atoms with Crippen molar-refractivity contribution in [3.8, 4) is 0 Å². The molecule has 0 unspecified atom stereocenters. The molecule has 170 valence electrons. The van der Waals surface area contributed by atoms with Gasteiger partial charge in [-0.2, -0.15) is 4.98 Å². The van der Waals surface area contributed by atoms with E-state index in [0.717, 1.165) is 5.56 Å². The van der Waals surface area contributed by atoms with Crippen molar-refractivity contribution in [2.24, 2.45) is 0 Å². The minimum absolute atomic E-state index is 0.220. The molecule has 10 heteroatoms. The Balaban J connectivity index is 1.63. The molecule has 1 aliphatic rings. The maximum atomic E-state index is 13.6. The number of thioether (sulfide) groups is 1. The Hall–Kier alpha value is -3.66. The number of halogens is 1. The number of rotatable bonds is 7. The average Bonchev–Trinajstić information content (AvgIpc) is 3.20. The topological polar surface area (TPSA) is 106 Å². The van der Waals surface area contributed by atoms with Crippen molar-refractivity contribution in [3.63, 3.8) is 0 Å². The molecule has 1 atom stereocenters. The van der Waals surface area contributed by atoms with Crippen molar-refractivity contribution >= 4 is 29.6 Å². The molecule has 0 amide bonds. The third-order valence-electron chi connectivity index (χ3n) is 5.08. The summed E-state index contributed by atoms with van der Waals surface area (Å²) in [5.74, 6) is -0.850. The molecule has 4 rings (SSSR count). The first-order chi connectivity index (χ1) is 15.9. The fourth-order valence-corrected chi connectivity index (χ4v) is 4.30. The van der Waals surface area contributed by atoms with Gasteiger partial charge in [-0.1, -0.05) is 36.0 Å². The van der Waals surface area contributed by atoms with E-state index >= 15 is 0 Å². The van der Waals surface area contributed by atoms with E-state index in [9.17, 15) is 14.0 Å². The van der Waals surface area contributed by atoms with Crippen molar-refractivity contribution in [1.29, 1.82) is 0 Å². The summed E-state index contributed by atoms with van der Waals surface area (Å²) in [5, 5.41) is 17.2. The van der Waals surface area contributed by atoms with Crippen LogP contribution in [0.4, 0.5) is 10.3 Å². The van der Waals surface area contributed by atoms with Gasteiger partial charge in [-0.3, -0.25) is 0 Å². The average molecular weight is 469 g/mol.